The zero-order valence-corrected chi connectivity index (χ0v) is 12.1. The molecule has 0 saturated heterocycles. The van der Waals surface area contributed by atoms with Crippen LogP contribution in [0.4, 0.5) is 4.39 Å². The maximum atomic E-state index is 13.1. The Morgan fingerprint density at radius 3 is 2.38 bits per heavy atom. The molecule has 3 N–H and O–H groups in total. The molecule has 2 aromatic carbocycles. The van der Waals surface area contributed by atoms with Gasteiger partial charge in [0.15, 0.2) is 0 Å². The number of methoxy groups -OCH3 is 1. The third-order valence-electron chi connectivity index (χ3n) is 3.87. The van der Waals surface area contributed by atoms with Crippen LogP contribution >= 0.6 is 0 Å². The zero-order valence-electron chi connectivity index (χ0n) is 12.1. The molecular formula is C17H20FNO2. The lowest BCUT2D eigenvalue weighted by Crippen LogP contribution is -2.41. The summed E-state index contributed by atoms with van der Waals surface area (Å²) in [6, 6.07) is 13.8. The van der Waals surface area contributed by atoms with Crippen molar-refractivity contribution in [2.75, 3.05) is 20.3 Å². The van der Waals surface area contributed by atoms with Crippen LogP contribution in [0, 0.1) is 5.82 Å². The third kappa shape index (κ3) is 3.23. The molecule has 0 aliphatic rings. The molecular weight excluding hydrogens is 269 g/mol. The minimum absolute atomic E-state index is 0.118. The van der Waals surface area contributed by atoms with E-state index in [1.807, 2.05) is 24.3 Å². The number of benzene rings is 2. The molecule has 3 nitrogen and oxygen atoms in total. The van der Waals surface area contributed by atoms with Gasteiger partial charge in [-0.15, -0.1) is 0 Å². The molecule has 2 rings (SSSR count). The summed E-state index contributed by atoms with van der Waals surface area (Å²) >= 11 is 0. The van der Waals surface area contributed by atoms with Crippen molar-refractivity contribution in [3.05, 3.63) is 65.5 Å². The zero-order chi connectivity index (χ0) is 15.3. The van der Waals surface area contributed by atoms with E-state index in [2.05, 4.69) is 0 Å². The monoisotopic (exact) mass is 289 g/mol. The summed E-state index contributed by atoms with van der Waals surface area (Å²) in [5.41, 5.74) is 7.06. The fourth-order valence-electron chi connectivity index (χ4n) is 2.52. The molecule has 0 aromatic heterocycles. The molecule has 0 aliphatic heterocycles. The number of rotatable bonds is 6. The van der Waals surface area contributed by atoms with Gasteiger partial charge in [-0.05, 0) is 35.7 Å². The lowest BCUT2D eigenvalue weighted by molar-refractivity contribution is 0.195. The van der Waals surface area contributed by atoms with Gasteiger partial charge in [-0.25, -0.2) is 4.39 Å². The molecule has 4 heteroatoms. The molecule has 0 fully saturated rings. The van der Waals surface area contributed by atoms with Crippen LogP contribution in [0.2, 0.25) is 0 Å². The van der Waals surface area contributed by atoms with Crippen LogP contribution in [0.25, 0.3) is 0 Å². The van der Waals surface area contributed by atoms with Gasteiger partial charge in [-0.1, -0.05) is 30.3 Å². The van der Waals surface area contributed by atoms with Crippen molar-refractivity contribution in [1.82, 2.24) is 0 Å². The number of nitrogens with two attached hydrogens (primary N) is 1. The summed E-state index contributed by atoms with van der Waals surface area (Å²) in [7, 11) is 1.61. The van der Waals surface area contributed by atoms with Gasteiger partial charge < -0.3 is 15.6 Å². The van der Waals surface area contributed by atoms with Crippen molar-refractivity contribution in [2.45, 2.75) is 11.8 Å². The van der Waals surface area contributed by atoms with E-state index in [4.69, 9.17) is 10.5 Å². The number of halogens is 1. The van der Waals surface area contributed by atoms with Crippen LogP contribution < -0.4 is 10.5 Å². The maximum Gasteiger partial charge on any atom is 0.123 e. The fraction of sp³-hybridized carbons (Fsp3) is 0.294. The average Bonchev–Trinajstić information content (AvgIpc) is 2.54. The van der Waals surface area contributed by atoms with E-state index in [-0.39, 0.29) is 19.0 Å². The van der Waals surface area contributed by atoms with E-state index in [1.54, 1.807) is 19.2 Å². The molecule has 0 saturated carbocycles. The van der Waals surface area contributed by atoms with Gasteiger partial charge in [0.25, 0.3) is 0 Å². The summed E-state index contributed by atoms with van der Waals surface area (Å²) in [6.07, 6.45) is 0.523. The molecule has 112 valence electrons. The van der Waals surface area contributed by atoms with E-state index >= 15 is 0 Å². The van der Waals surface area contributed by atoms with E-state index < -0.39 is 5.41 Å². The second kappa shape index (κ2) is 6.70. The smallest absolute Gasteiger partial charge is 0.123 e. The minimum atomic E-state index is -0.650. The molecule has 1 atom stereocenters. The highest BCUT2D eigenvalue weighted by molar-refractivity contribution is 5.38. The third-order valence-corrected chi connectivity index (χ3v) is 3.87. The number of hydrogen-bond donors (Lipinski definition) is 2. The standard InChI is InChI=1S/C17H20FNO2/c1-21-16-5-3-2-4-13(16)10-17(11-19,12-20)14-6-8-15(18)9-7-14/h2-9,20H,10-12,19H2,1H3. The molecule has 1 unspecified atom stereocenters. The van der Waals surface area contributed by atoms with Crippen LogP contribution in [0.1, 0.15) is 11.1 Å². The Hall–Kier alpha value is -1.91. The van der Waals surface area contributed by atoms with Gasteiger partial charge in [-0.3, -0.25) is 0 Å². The second-order valence-electron chi connectivity index (χ2n) is 5.14. The number of para-hydroxylation sites is 1. The number of ether oxygens (including phenoxy) is 1. The van der Waals surface area contributed by atoms with Crippen molar-refractivity contribution in [2.24, 2.45) is 5.73 Å². The second-order valence-corrected chi connectivity index (χ2v) is 5.14. The Kier molecular flexibility index (Phi) is 4.94. The molecule has 0 amide bonds. The Morgan fingerprint density at radius 1 is 1.14 bits per heavy atom. The van der Waals surface area contributed by atoms with Crippen LogP contribution in [-0.4, -0.2) is 25.4 Å². The number of hydrogen-bond acceptors (Lipinski definition) is 3. The van der Waals surface area contributed by atoms with E-state index in [0.29, 0.717) is 6.42 Å². The lowest BCUT2D eigenvalue weighted by Gasteiger charge is -2.31. The predicted octanol–water partition coefficient (Wildman–Crippen LogP) is 2.27. The Labute approximate surface area is 124 Å². The van der Waals surface area contributed by atoms with Crippen LogP contribution in [0.15, 0.2) is 48.5 Å². The van der Waals surface area contributed by atoms with E-state index in [1.165, 1.54) is 12.1 Å². The summed E-state index contributed by atoms with van der Waals surface area (Å²) in [4.78, 5) is 0. The van der Waals surface area contributed by atoms with E-state index in [0.717, 1.165) is 16.9 Å². The molecule has 2 aromatic rings. The van der Waals surface area contributed by atoms with E-state index in [9.17, 15) is 9.50 Å². The van der Waals surface area contributed by atoms with Gasteiger partial charge in [0, 0.05) is 12.0 Å². The minimum Gasteiger partial charge on any atom is -0.496 e. The lowest BCUT2D eigenvalue weighted by atomic mass is 9.76. The molecule has 21 heavy (non-hydrogen) atoms. The SMILES string of the molecule is COc1ccccc1CC(CN)(CO)c1ccc(F)cc1. The quantitative estimate of drug-likeness (QED) is 0.857. The van der Waals surface area contributed by atoms with Crippen molar-refractivity contribution in [3.8, 4) is 5.75 Å². The first-order valence-corrected chi connectivity index (χ1v) is 6.84. The molecule has 0 spiro atoms. The first-order chi connectivity index (χ1) is 10.1. The van der Waals surface area contributed by atoms with Gasteiger partial charge in [0.2, 0.25) is 0 Å². The summed E-state index contributed by atoms with van der Waals surface area (Å²) in [5.74, 6) is 0.450. The number of aliphatic hydroxyl groups excluding tert-OH is 1. The summed E-state index contributed by atoms with van der Waals surface area (Å²) in [6.45, 7) is 0.139. The van der Waals surface area contributed by atoms with Crippen LogP contribution in [0.5, 0.6) is 5.75 Å². The van der Waals surface area contributed by atoms with Gasteiger partial charge >= 0.3 is 0 Å². The predicted molar refractivity (Wildman–Crippen MR) is 80.9 cm³/mol. The summed E-state index contributed by atoms with van der Waals surface area (Å²) < 4.78 is 18.5. The van der Waals surface area contributed by atoms with Gasteiger partial charge in [0.05, 0.1) is 13.7 Å². The van der Waals surface area contributed by atoms with Crippen molar-refractivity contribution in [3.63, 3.8) is 0 Å². The Balaban J connectivity index is 2.40. The molecule has 0 radical (unpaired) electrons. The average molecular weight is 289 g/mol. The topological polar surface area (TPSA) is 55.5 Å². The van der Waals surface area contributed by atoms with Crippen LogP contribution in [0.3, 0.4) is 0 Å². The highest BCUT2D eigenvalue weighted by Gasteiger charge is 2.31. The largest absolute Gasteiger partial charge is 0.496 e. The fourth-order valence-corrected chi connectivity index (χ4v) is 2.52. The maximum absolute atomic E-state index is 13.1. The Bertz CT molecular complexity index is 580. The van der Waals surface area contributed by atoms with Crippen molar-refractivity contribution in [1.29, 1.82) is 0 Å². The highest BCUT2D eigenvalue weighted by atomic mass is 19.1. The highest BCUT2D eigenvalue weighted by Crippen LogP contribution is 2.31. The first-order valence-electron chi connectivity index (χ1n) is 6.84. The van der Waals surface area contributed by atoms with Gasteiger partial charge in [-0.2, -0.15) is 0 Å². The Morgan fingerprint density at radius 2 is 1.81 bits per heavy atom. The number of aliphatic hydroxyl groups is 1. The van der Waals surface area contributed by atoms with Gasteiger partial charge in [0.1, 0.15) is 11.6 Å². The first kappa shape index (κ1) is 15.5. The van der Waals surface area contributed by atoms with Crippen molar-refractivity contribution < 1.29 is 14.2 Å². The molecule has 0 bridgehead atoms. The summed E-state index contributed by atoms with van der Waals surface area (Å²) in [5, 5.41) is 9.91. The van der Waals surface area contributed by atoms with Crippen molar-refractivity contribution >= 4 is 0 Å². The normalized spacial score (nSPS) is 13.7. The molecule has 0 heterocycles. The molecule has 0 aliphatic carbocycles. The van der Waals surface area contributed by atoms with Crippen LogP contribution in [-0.2, 0) is 11.8 Å².